The van der Waals surface area contributed by atoms with Crippen LogP contribution in [0.2, 0.25) is 0 Å². The van der Waals surface area contributed by atoms with E-state index in [2.05, 4.69) is 4.18 Å². The van der Waals surface area contributed by atoms with Gasteiger partial charge in [0.25, 0.3) is 0 Å². The molecule has 1 aromatic rings. The summed E-state index contributed by atoms with van der Waals surface area (Å²) in [7, 11) is -4.31. The zero-order valence-corrected chi connectivity index (χ0v) is 15.2. The Labute approximate surface area is 154 Å². The van der Waals surface area contributed by atoms with Crippen molar-refractivity contribution in [2.75, 3.05) is 20.3 Å². The van der Waals surface area contributed by atoms with Crippen molar-refractivity contribution in [2.24, 2.45) is 0 Å². The van der Waals surface area contributed by atoms with E-state index in [1.165, 1.54) is 7.11 Å². The second-order valence-electron chi connectivity index (χ2n) is 6.24. The molecule has 0 radical (unpaired) electrons. The quantitative estimate of drug-likeness (QED) is 0.500. The van der Waals surface area contributed by atoms with E-state index >= 15 is 0 Å². The number of alkyl halides is 3. The second kappa shape index (κ2) is 7.64. The largest absolute Gasteiger partial charge is 0.523 e. The van der Waals surface area contributed by atoms with Crippen molar-refractivity contribution in [3.8, 4) is 0 Å². The number of rotatable bonds is 7. The highest BCUT2D eigenvalue weighted by Crippen LogP contribution is 2.41. The maximum atomic E-state index is 12.6. The molecule has 1 aromatic carbocycles. The average molecular weight is 412 g/mol. The molecule has 2 saturated heterocycles. The van der Waals surface area contributed by atoms with Gasteiger partial charge in [-0.05, 0) is 5.56 Å². The van der Waals surface area contributed by atoms with Gasteiger partial charge < -0.3 is 18.9 Å². The topological polar surface area (TPSA) is 80.3 Å². The first-order chi connectivity index (χ1) is 12.7. The van der Waals surface area contributed by atoms with Gasteiger partial charge in [0, 0.05) is 13.5 Å². The summed E-state index contributed by atoms with van der Waals surface area (Å²) >= 11 is 0. The molecule has 152 valence electrons. The molecule has 2 aliphatic heterocycles. The molecule has 0 N–H and O–H groups in total. The highest BCUT2D eigenvalue weighted by Gasteiger charge is 2.58. The molecule has 0 amide bonds. The van der Waals surface area contributed by atoms with E-state index in [1.54, 1.807) is 0 Å². The summed E-state index contributed by atoms with van der Waals surface area (Å²) in [5, 5.41) is 0. The Hall–Kier alpha value is -1.24. The maximum Gasteiger partial charge on any atom is 0.523 e. The van der Waals surface area contributed by atoms with E-state index in [0.717, 1.165) is 5.56 Å². The number of hydrogen-bond acceptors (Lipinski definition) is 7. The molecule has 0 unspecified atom stereocenters. The maximum absolute atomic E-state index is 12.6. The van der Waals surface area contributed by atoms with Gasteiger partial charge in [0.1, 0.15) is 18.8 Å². The Morgan fingerprint density at radius 3 is 2.59 bits per heavy atom. The molecule has 2 fully saturated rings. The van der Waals surface area contributed by atoms with Gasteiger partial charge in [-0.3, -0.25) is 4.18 Å². The van der Waals surface area contributed by atoms with Gasteiger partial charge in [0.2, 0.25) is 5.79 Å². The highest BCUT2D eigenvalue weighted by molar-refractivity contribution is 7.87. The summed E-state index contributed by atoms with van der Waals surface area (Å²) < 4.78 is 86.7. The van der Waals surface area contributed by atoms with Crippen LogP contribution in [0.25, 0.3) is 0 Å². The van der Waals surface area contributed by atoms with Gasteiger partial charge in [-0.2, -0.15) is 21.6 Å². The number of halogens is 3. The van der Waals surface area contributed by atoms with E-state index in [9.17, 15) is 21.6 Å². The van der Waals surface area contributed by atoms with Crippen molar-refractivity contribution in [3.05, 3.63) is 35.9 Å². The van der Waals surface area contributed by atoms with Crippen LogP contribution in [0.4, 0.5) is 13.2 Å². The molecule has 0 spiro atoms. The van der Waals surface area contributed by atoms with Crippen LogP contribution in [0.1, 0.15) is 12.0 Å². The predicted molar refractivity (Wildman–Crippen MR) is 84.9 cm³/mol. The standard InChI is InChI=1S/C16H19F3O7S/c1-22-12-7-14(23-8-11-5-3-2-4-6-11)15(24-9-13(12)26-15)10-25-27(20,21)16(17,18)19/h2-6,12-14H,7-10H2,1H3/t12-,13-,14+,15-/m1/s1. The first kappa shape index (κ1) is 20.5. The van der Waals surface area contributed by atoms with Gasteiger partial charge in [-0.15, -0.1) is 0 Å². The van der Waals surface area contributed by atoms with E-state index < -0.39 is 46.3 Å². The van der Waals surface area contributed by atoms with Crippen LogP contribution in [-0.2, 0) is 39.9 Å². The van der Waals surface area contributed by atoms with E-state index in [-0.39, 0.29) is 19.6 Å². The summed E-state index contributed by atoms with van der Waals surface area (Å²) in [4.78, 5) is 0. The van der Waals surface area contributed by atoms with Gasteiger partial charge in [-0.1, -0.05) is 30.3 Å². The molecule has 3 rings (SSSR count). The fourth-order valence-electron chi connectivity index (χ4n) is 3.05. The SMILES string of the molecule is CO[C@@H]1C[C@H](OCc2ccccc2)[C@]2(COS(=O)(=O)C(F)(F)F)OC[C@H]1O2. The first-order valence-electron chi connectivity index (χ1n) is 8.13. The lowest BCUT2D eigenvalue weighted by Crippen LogP contribution is -2.56. The number of hydrogen-bond donors (Lipinski definition) is 0. The van der Waals surface area contributed by atoms with E-state index in [1.807, 2.05) is 30.3 Å². The molecule has 0 aromatic heterocycles. The lowest BCUT2D eigenvalue weighted by molar-refractivity contribution is -0.288. The van der Waals surface area contributed by atoms with Crippen LogP contribution in [0.3, 0.4) is 0 Å². The van der Waals surface area contributed by atoms with Gasteiger partial charge in [0.05, 0.1) is 19.3 Å². The second-order valence-corrected chi connectivity index (χ2v) is 7.84. The van der Waals surface area contributed by atoms with Gasteiger partial charge >= 0.3 is 15.6 Å². The molecule has 11 heteroatoms. The fourth-order valence-corrected chi connectivity index (χ4v) is 3.50. The molecular weight excluding hydrogens is 393 g/mol. The van der Waals surface area contributed by atoms with Crippen molar-refractivity contribution in [3.63, 3.8) is 0 Å². The van der Waals surface area contributed by atoms with E-state index in [4.69, 9.17) is 18.9 Å². The third-order valence-electron chi connectivity index (χ3n) is 4.49. The zero-order valence-electron chi connectivity index (χ0n) is 14.3. The molecule has 2 heterocycles. The Kier molecular flexibility index (Phi) is 5.80. The molecule has 0 saturated carbocycles. The molecular formula is C16H19F3O7S. The number of ether oxygens (including phenoxy) is 4. The van der Waals surface area contributed by atoms with Crippen LogP contribution < -0.4 is 0 Å². The normalized spacial score (nSPS) is 31.2. The van der Waals surface area contributed by atoms with Crippen molar-refractivity contribution in [1.82, 2.24) is 0 Å². The third kappa shape index (κ3) is 4.28. The van der Waals surface area contributed by atoms with Gasteiger partial charge in [-0.25, -0.2) is 0 Å². The van der Waals surface area contributed by atoms with Crippen molar-refractivity contribution in [2.45, 2.75) is 42.6 Å². The summed E-state index contributed by atoms with van der Waals surface area (Å²) in [5.41, 5.74) is -4.71. The third-order valence-corrected chi connectivity index (χ3v) is 5.48. The Morgan fingerprint density at radius 1 is 1.26 bits per heavy atom. The van der Waals surface area contributed by atoms with Crippen LogP contribution in [0, 0.1) is 0 Å². The molecule has 0 aliphatic carbocycles. The summed E-state index contributed by atoms with van der Waals surface area (Å²) in [6.45, 7) is -0.812. The van der Waals surface area contributed by atoms with Crippen LogP contribution in [0.5, 0.6) is 0 Å². The number of fused-ring (bicyclic) bond motifs is 2. The Bertz CT molecular complexity index is 740. The number of benzene rings is 1. The lowest BCUT2D eigenvalue weighted by Gasteiger charge is -2.41. The van der Waals surface area contributed by atoms with Crippen LogP contribution in [0.15, 0.2) is 30.3 Å². The minimum absolute atomic E-state index is 0.0269. The van der Waals surface area contributed by atoms with Crippen molar-refractivity contribution in [1.29, 1.82) is 0 Å². The number of methoxy groups -OCH3 is 1. The molecule has 27 heavy (non-hydrogen) atoms. The zero-order chi connectivity index (χ0) is 19.7. The first-order valence-corrected chi connectivity index (χ1v) is 9.53. The Balaban J connectivity index is 1.75. The molecule has 2 aliphatic rings. The summed E-state index contributed by atoms with van der Waals surface area (Å²) in [6.07, 6.45) is -1.59. The summed E-state index contributed by atoms with van der Waals surface area (Å²) in [5.74, 6) is -1.76. The minimum atomic E-state index is -5.78. The highest BCUT2D eigenvalue weighted by atomic mass is 32.2. The predicted octanol–water partition coefficient (Wildman–Crippen LogP) is 1.97. The smallest absolute Gasteiger partial charge is 0.379 e. The Morgan fingerprint density at radius 2 is 1.96 bits per heavy atom. The summed E-state index contributed by atoms with van der Waals surface area (Å²) in [6, 6.07) is 9.08. The van der Waals surface area contributed by atoms with Crippen molar-refractivity contribution >= 4 is 10.1 Å². The molecule has 4 atom stereocenters. The van der Waals surface area contributed by atoms with Crippen LogP contribution in [-0.4, -0.2) is 58.3 Å². The van der Waals surface area contributed by atoms with E-state index in [0.29, 0.717) is 0 Å². The molecule has 2 bridgehead atoms. The monoisotopic (exact) mass is 412 g/mol. The van der Waals surface area contributed by atoms with Crippen molar-refractivity contribution < 1.29 is 44.7 Å². The lowest BCUT2D eigenvalue weighted by atomic mass is 9.98. The fraction of sp³-hybridized carbons (Fsp3) is 0.625. The molecule has 7 nitrogen and oxygen atoms in total. The minimum Gasteiger partial charge on any atom is -0.379 e. The van der Waals surface area contributed by atoms with Crippen LogP contribution >= 0.6 is 0 Å². The van der Waals surface area contributed by atoms with Gasteiger partial charge in [0.15, 0.2) is 0 Å². The average Bonchev–Trinajstić information content (AvgIpc) is 3.00.